The van der Waals surface area contributed by atoms with E-state index in [9.17, 15) is 4.79 Å². The lowest BCUT2D eigenvalue weighted by Crippen LogP contribution is -2.03. The third-order valence-electron chi connectivity index (χ3n) is 4.06. The minimum Gasteiger partial charge on any atom is -0.323 e. The number of nitrogens with one attached hydrogen (secondary N) is 4. The summed E-state index contributed by atoms with van der Waals surface area (Å²) in [7, 11) is 0. The van der Waals surface area contributed by atoms with Crippen LogP contribution in [0.25, 0.3) is 10.9 Å². The van der Waals surface area contributed by atoms with Gasteiger partial charge in [0.25, 0.3) is 5.56 Å². The molecule has 1 aromatic carbocycles. The van der Waals surface area contributed by atoms with E-state index < -0.39 is 0 Å². The molecule has 138 valence electrons. The largest absolute Gasteiger partial charge is 0.323 e. The normalized spacial score (nSPS) is 11.2. The average Bonchev–Trinajstić information content (AvgIpc) is 3.25. The zero-order chi connectivity index (χ0) is 18.8. The molecule has 0 saturated heterocycles. The topological polar surface area (TPSA) is 115 Å². The predicted octanol–water partition coefficient (Wildman–Crippen LogP) is 3.28. The minimum absolute atomic E-state index is 0.113. The summed E-state index contributed by atoms with van der Waals surface area (Å²) < 4.78 is 0. The summed E-state index contributed by atoms with van der Waals surface area (Å²) in [4.78, 5) is 22.0. The van der Waals surface area contributed by atoms with Crippen LogP contribution < -0.4 is 10.9 Å². The number of H-pyrrole nitrogens is 3. The summed E-state index contributed by atoms with van der Waals surface area (Å²) in [5.74, 6) is 2.79. The highest BCUT2D eigenvalue weighted by molar-refractivity contribution is 7.98. The number of benzene rings is 1. The molecule has 0 saturated carbocycles. The third kappa shape index (κ3) is 3.87. The molecule has 4 aromatic rings. The number of thioether (sulfide) groups is 1. The van der Waals surface area contributed by atoms with E-state index in [4.69, 9.17) is 0 Å². The van der Waals surface area contributed by atoms with Gasteiger partial charge in [0, 0.05) is 28.4 Å². The molecule has 0 aliphatic carbocycles. The second-order valence-corrected chi connectivity index (χ2v) is 7.20. The third-order valence-corrected chi connectivity index (χ3v) is 5.05. The Bertz CT molecular complexity index is 1140. The van der Waals surface area contributed by atoms with Crippen molar-refractivity contribution < 1.29 is 0 Å². The summed E-state index contributed by atoms with van der Waals surface area (Å²) in [5.41, 5.74) is 2.63. The van der Waals surface area contributed by atoms with Gasteiger partial charge in [0.15, 0.2) is 5.82 Å². The molecule has 0 atom stereocenters. The summed E-state index contributed by atoms with van der Waals surface area (Å²) >= 11 is 1.60. The van der Waals surface area contributed by atoms with Crippen LogP contribution in [0.2, 0.25) is 0 Å². The smallest absolute Gasteiger partial charge is 0.271 e. The molecule has 0 bridgehead atoms. The molecule has 3 aromatic heterocycles. The molecular formula is C18H19N7OS. The van der Waals surface area contributed by atoms with Crippen molar-refractivity contribution in [2.45, 2.75) is 30.9 Å². The monoisotopic (exact) mass is 381 g/mol. The maximum atomic E-state index is 11.8. The Morgan fingerprint density at radius 2 is 2.00 bits per heavy atom. The second-order valence-electron chi connectivity index (χ2n) is 6.15. The quantitative estimate of drug-likeness (QED) is 0.381. The fourth-order valence-corrected chi connectivity index (χ4v) is 3.51. The van der Waals surface area contributed by atoms with Gasteiger partial charge in [-0.05, 0) is 31.5 Å². The van der Waals surface area contributed by atoms with E-state index in [0.29, 0.717) is 11.1 Å². The number of anilines is 2. The Balaban J connectivity index is 1.54. The molecule has 27 heavy (non-hydrogen) atoms. The zero-order valence-electron chi connectivity index (χ0n) is 15.0. The van der Waals surface area contributed by atoms with Gasteiger partial charge in [0.05, 0.1) is 16.7 Å². The van der Waals surface area contributed by atoms with Crippen LogP contribution in [-0.4, -0.2) is 30.4 Å². The Labute approximate surface area is 159 Å². The SMILES string of the molecule is CCc1cc(Nc2cc(C)[nH]n2)nc(CSc2ccc3[nH][nH]c(=O)c3c2)n1. The highest BCUT2D eigenvalue weighted by Crippen LogP contribution is 2.25. The van der Waals surface area contributed by atoms with E-state index in [1.807, 2.05) is 37.3 Å². The molecule has 9 heteroatoms. The average molecular weight is 381 g/mol. The number of rotatable bonds is 6. The van der Waals surface area contributed by atoms with Crippen LogP contribution >= 0.6 is 11.8 Å². The van der Waals surface area contributed by atoms with Crippen LogP contribution in [-0.2, 0) is 12.2 Å². The molecule has 0 unspecified atom stereocenters. The minimum atomic E-state index is -0.113. The predicted molar refractivity (Wildman–Crippen MR) is 106 cm³/mol. The van der Waals surface area contributed by atoms with E-state index in [1.54, 1.807) is 11.8 Å². The van der Waals surface area contributed by atoms with Crippen LogP contribution in [0.3, 0.4) is 0 Å². The number of aromatic amines is 3. The molecular weight excluding hydrogens is 362 g/mol. The van der Waals surface area contributed by atoms with Gasteiger partial charge in [0.2, 0.25) is 0 Å². The van der Waals surface area contributed by atoms with Crippen LogP contribution in [0.15, 0.2) is 40.0 Å². The fourth-order valence-electron chi connectivity index (χ4n) is 2.72. The molecule has 0 amide bonds. The van der Waals surface area contributed by atoms with Crippen molar-refractivity contribution in [2.75, 3.05) is 5.32 Å². The first kappa shape index (κ1) is 17.3. The first-order chi connectivity index (χ1) is 13.1. The van der Waals surface area contributed by atoms with Crippen molar-refractivity contribution in [3.8, 4) is 0 Å². The number of aromatic nitrogens is 6. The van der Waals surface area contributed by atoms with Gasteiger partial charge >= 0.3 is 0 Å². The van der Waals surface area contributed by atoms with Crippen LogP contribution in [0.5, 0.6) is 0 Å². The first-order valence-electron chi connectivity index (χ1n) is 8.60. The van der Waals surface area contributed by atoms with Crippen molar-refractivity contribution in [3.63, 3.8) is 0 Å². The Hall–Kier alpha value is -3.07. The van der Waals surface area contributed by atoms with Crippen molar-refractivity contribution in [2.24, 2.45) is 0 Å². The number of fused-ring (bicyclic) bond motifs is 1. The zero-order valence-corrected chi connectivity index (χ0v) is 15.8. The lowest BCUT2D eigenvalue weighted by molar-refractivity contribution is 0.941. The standard InChI is InChI=1S/C18H19N7OS/c1-3-11-7-15(20-16-6-10(2)22-24-16)21-17(19-11)9-27-12-4-5-14-13(8-12)18(26)25-23-14/h4-8H,3,9H2,1-2H3,(H2,23,25,26)(H2,19,20,21,22,24). The molecule has 0 aliphatic heterocycles. The molecule has 0 aliphatic rings. The number of nitrogens with zero attached hydrogens (tertiary/aromatic N) is 3. The van der Waals surface area contributed by atoms with Gasteiger partial charge in [-0.15, -0.1) is 11.8 Å². The molecule has 4 N–H and O–H groups in total. The van der Waals surface area contributed by atoms with Crippen molar-refractivity contribution >= 4 is 34.3 Å². The maximum Gasteiger partial charge on any atom is 0.271 e. The van der Waals surface area contributed by atoms with Crippen molar-refractivity contribution in [3.05, 3.63) is 57.9 Å². The molecule has 0 fully saturated rings. The summed E-state index contributed by atoms with van der Waals surface area (Å²) in [6.07, 6.45) is 0.819. The van der Waals surface area contributed by atoms with E-state index >= 15 is 0 Å². The summed E-state index contributed by atoms with van der Waals surface area (Å²) in [5, 5.41) is 16.4. The van der Waals surface area contributed by atoms with Crippen molar-refractivity contribution in [1.82, 2.24) is 30.4 Å². The van der Waals surface area contributed by atoms with Gasteiger partial charge in [-0.1, -0.05) is 6.92 Å². The van der Waals surface area contributed by atoms with Gasteiger partial charge in [-0.3, -0.25) is 20.1 Å². The molecule has 3 heterocycles. The number of hydrogen-bond donors (Lipinski definition) is 4. The number of hydrogen-bond acceptors (Lipinski definition) is 6. The van der Waals surface area contributed by atoms with Crippen LogP contribution in [0.4, 0.5) is 11.6 Å². The Morgan fingerprint density at radius 1 is 1.11 bits per heavy atom. The maximum absolute atomic E-state index is 11.8. The number of aryl methyl sites for hydroxylation is 2. The summed E-state index contributed by atoms with van der Waals surface area (Å²) in [6.45, 7) is 4.01. The van der Waals surface area contributed by atoms with E-state index in [2.05, 4.69) is 42.6 Å². The van der Waals surface area contributed by atoms with Crippen molar-refractivity contribution in [1.29, 1.82) is 0 Å². The highest BCUT2D eigenvalue weighted by atomic mass is 32.2. The van der Waals surface area contributed by atoms with Gasteiger partial charge < -0.3 is 5.32 Å². The van der Waals surface area contributed by atoms with Gasteiger partial charge in [0.1, 0.15) is 11.6 Å². The lowest BCUT2D eigenvalue weighted by atomic mass is 10.2. The summed E-state index contributed by atoms with van der Waals surface area (Å²) in [6, 6.07) is 9.61. The Morgan fingerprint density at radius 3 is 2.78 bits per heavy atom. The van der Waals surface area contributed by atoms with E-state index in [0.717, 1.165) is 45.7 Å². The fraction of sp³-hybridized carbons (Fsp3) is 0.222. The van der Waals surface area contributed by atoms with E-state index in [1.165, 1.54) is 0 Å². The van der Waals surface area contributed by atoms with E-state index in [-0.39, 0.29) is 5.56 Å². The van der Waals surface area contributed by atoms with Gasteiger partial charge in [-0.2, -0.15) is 5.10 Å². The molecule has 0 radical (unpaired) electrons. The highest BCUT2D eigenvalue weighted by Gasteiger charge is 2.08. The molecule has 4 rings (SSSR count). The van der Waals surface area contributed by atoms with Crippen LogP contribution in [0.1, 0.15) is 24.1 Å². The Kier molecular flexibility index (Phi) is 4.68. The van der Waals surface area contributed by atoms with Crippen LogP contribution in [0, 0.1) is 6.92 Å². The lowest BCUT2D eigenvalue weighted by Gasteiger charge is -2.08. The molecule has 8 nitrogen and oxygen atoms in total. The first-order valence-corrected chi connectivity index (χ1v) is 9.58. The molecule has 0 spiro atoms. The van der Waals surface area contributed by atoms with Gasteiger partial charge in [-0.25, -0.2) is 9.97 Å². The second kappa shape index (κ2) is 7.28.